The molecule has 1 N–H and O–H groups in total. The molecule has 0 saturated heterocycles. The minimum Gasteiger partial charge on any atom is -0.443 e. The van der Waals surface area contributed by atoms with Crippen LogP contribution in [-0.2, 0) is 16.1 Å². The average molecular weight is 484 g/mol. The summed E-state index contributed by atoms with van der Waals surface area (Å²) in [6.07, 6.45) is 4.43. The number of amides is 2. The topological polar surface area (TPSA) is 58.6 Å². The van der Waals surface area contributed by atoms with Crippen molar-refractivity contribution in [2.24, 2.45) is 17.8 Å². The standard InChI is InChI=1S/C22H28BrClN2O3/c1-21(2,23)19(27)26(25-20(28)29-13-14-6-4-3-5-7-14)18-16-8-15-9-17(18)12-22(24,10-15)11-16/h3-7,15-18H,8-13H2,1-2H3,(H,25,28)/t15?,16-,17-,18?,22?/m0/s1. The number of alkyl halides is 2. The van der Waals surface area contributed by atoms with Crippen LogP contribution in [0.5, 0.6) is 0 Å². The van der Waals surface area contributed by atoms with Crippen LogP contribution in [0.4, 0.5) is 4.79 Å². The molecule has 2 amide bonds. The molecule has 5 nitrogen and oxygen atoms in total. The Balaban J connectivity index is 1.50. The van der Waals surface area contributed by atoms with Crippen molar-refractivity contribution in [2.45, 2.75) is 67.8 Å². The van der Waals surface area contributed by atoms with Gasteiger partial charge in [0.2, 0.25) is 0 Å². The lowest BCUT2D eigenvalue weighted by Gasteiger charge is -2.59. The number of benzene rings is 1. The zero-order valence-electron chi connectivity index (χ0n) is 16.9. The summed E-state index contributed by atoms with van der Waals surface area (Å²) in [7, 11) is 0. The number of carbonyl (C=O) groups is 2. The molecule has 4 saturated carbocycles. The highest BCUT2D eigenvalue weighted by Gasteiger charge is 2.57. The third kappa shape index (κ3) is 4.43. The quantitative estimate of drug-likeness (QED) is 0.483. The van der Waals surface area contributed by atoms with Gasteiger partial charge in [-0.2, -0.15) is 0 Å². The fourth-order valence-electron chi connectivity index (χ4n) is 5.72. The zero-order valence-corrected chi connectivity index (χ0v) is 19.2. The Morgan fingerprint density at radius 3 is 2.38 bits per heavy atom. The van der Waals surface area contributed by atoms with Gasteiger partial charge in [-0.25, -0.2) is 15.2 Å². The molecule has 0 aromatic heterocycles. The number of hydrogen-bond acceptors (Lipinski definition) is 3. The summed E-state index contributed by atoms with van der Waals surface area (Å²) in [6.45, 7) is 3.77. The molecule has 4 aliphatic rings. The lowest BCUT2D eigenvalue weighted by molar-refractivity contribution is -0.149. The lowest BCUT2D eigenvalue weighted by atomic mass is 9.53. The summed E-state index contributed by atoms with van der Waals surface area (Å²) < 4.78 is 4.61. The second-order valence-electron chi connectivity index (χ2n) is 9.43. The summed E-state index contributed by atoms with van der Waals surface area (Å²) in [5, 5.41) is 1.55. The van der Waals surface area contributed by atoms with Gasteiger partial charge in [-0.05, 0) is 69.3 Å². The van der Waals surface area contributed by atoms with Crippen molar-refractivity contribution in [3.05, 3.63) is 35.9 Å². The van der Waals surface area contributed by atoms with Crippen molar-refractivity contribution in [1.82, 2.24) is 10.4 Å². The number of nitrogens with zero attached hydrogens (tertiary/aromatic N) is 1. The molecule has 0 heterocycles. The smallest absolute Gasteiger partial charge is 0.426 e. The van der Waals surface area contributed by atoms with Gasteiger partial charge in [0.1, 0.15) is 10.9 Å². The van der Waals surface area contributed by atoms with Gasteiger partial charge in [-0.3, -0.25) is 4.79 Å². The van der Waals surface area contributed by atoms with Crippen molar-refractivity contribution in [2.75, 3.05) is 0 Å². The van der Waals surface area contributed by atoms with E-state index in [1.165, 1.54) is 0 Å². The maximum Gasteiger partial charge on any atom is 0.426 e. The molecule has 4 aliphatic carbocycles. The second kappa shape index (κ2) is 7.77. The van der Waals surface area contributed by atoms with Crippen LogP contribution in [-0.4, -0.2) is 32.2 Å². The van der Waals surface area contributed by atoms with Gasteiger partial charge in [0, 0.05) is 4.87 Å². The average Bonchev–Trinajstić information content (AvgIpc) is 2.63. The lowest BCUT2D eigenvalue weighted by Crippen LogP contribution is -2.66. The highest BCUT2D eigenvalue weighted by atomic mass is 79.9. The fraction of sp³-hybridized carbons (Fsp3) is 0.636. The molecule has 4 bridgehead atoms. The van der Waals surface area contributed by atoms with Gasteiger partial charge in [0.05, 0.1) is 6.04 Å². The van der Waals surface area contributed by atoms with Crippen molar-refractivity contribution >= 4 is 39.5 Å². The number of halogens is 2. The highest BCUT2D eigenvalue weighted by molar-refractivity contribution is 9.10. The number of hydrazine groups is 1. The summed E-state index contributed by atoms with van der Waals surface area (Å²) in [4.78, 5) is 25.7. The predicted octanol–water partition coefficient (Wildman–Crippen LogP) is 5.02. The van der Waals surface area contributed by atoms with Gasteiger partial charge in [-0.15, -0.1) is 11.6 Å². The predicted molar refractivity (Wildman–Crippen MR) is 116 cm³/mol. The van der Waals surface area contributed by atoms with E-state index in [2.05, 4.69) is 21.4 Å². The van der Waals surface area contributed by atoms with Gasteiger partial charge in [-0.1, -0.05) is 46.3 Å². The number of ether oxygens (including phenoxy) is 1. The van der Waals surface area contributed by atoms with Gasteiger partial charge in [0.25, 0.3) is 5.91 Å². The molecular weight excluding hydrogens is 456 g/mol. The molecule has 1 aromatic rings. The third-order valence-electron chi connectivity index (χ3n) is 6.60. The molecular formula is C22H28BrClN2O3. The summed E-state index contributed by atoms with van der Waals surface area (Å²) in [6, 6.07) is 9.47. The summed E-state index contributed by atoms with van der Waals surface area (Å²) in [5.41, 5.74) is 3.69. The Morgan fingerprint density at radius 1 is 1.21 bits per heavy atom. The van der Waals surface area contributed by atoms with E-state index < -0.39 is 10.4 Å². The second-order valence-corrected chi connectivity index (χ2v) is 12.2. The van der Waals surface area contributed by atoms with Crippen LogP contribution in [0.1, 0.15) is 51.5 Å². The molecule has 5 rings (SSSR count). The van der Waals surface area contributed by atoms with Crippen LogP contribution in [0.3, 0.4) is 0 Å². The molecule has 2 atom stereocenters. The maximum atomic E-state index is 13.3. The molecule has 158 valence electrons. The first-order chi connectivity index (χ1) is 13.6. The third-order valence-corrected chi connectivity index (χ3v) is 7.40. The molecule has 1 aromatic carbocycles. The van der Waals surface area contributed by atoms with E-state index in [0.717, 1.165) is 37.7 Å². The van der Waals surface area contributed by atoms with E-state index in [-0.39, 0.29) is 23.4 Å². The van der Waals surface area contributed by atoms with Gasteiger partial charge in [0.15, 0.2) is 0 Å². The van der Waals surface area contributed by atoms with Crippen LogP contribution in [0, 0.1) is 17.8 Å². The zero-order chi connectivity index (χ0) is 20.8. The van der Waals surface area contributed by atoms with E-state index in [1.807, 2.05) is 30.3 Å². The minimum atomic E-state index is -0.785. The first-order valence-electron chi connectivity index (χ1n) is 10.3. The Bertz CT molecular complexity index is 766. The number of carbonyl (C=O) groups excluding carboxylic acids is 2. The Kier molecular flexibility index (Phi) is 5.62. The minimum absolute atomic E-state index is 0.0352. The van der Waals surface area contributed by atoms with Crippen molar-refractivity contribution in [1.29, 1.82) is 0 Å². The van der Waals surface area contributed by atoms with Crippen molar-refractivity contribution in [3.63, 3.8) is 0 Å². The van der Waals surface area contributed by atoms with E-state index >= 15 is 0 Å². The van der Waals surface area contributed by atoms with Gasteiger partial charge >= 0.3 is 6.09 Å². The normalized spacial score (nSPS) is 32.7. The summed E-state index contributed by atoms with van der Waals surface area (Å²) in [5.74, 6) is 1.11. The maximum absolute atomic E-state index is 13.3. The molecule has 0 unspecified atom stereocenters. The van der Waals surface area contributed by atoms with Crippen molar-refractivity contribution < 1.29 is 14.3 Å². The Hall–Kier alpha value is -1.27. The van der Waals surface area contributed by atoms with Crippen LogP contribution in [0.25, 0.3) is 0 Å². The van der Waals surface area contributed by atoms with Crippen LogP contribution < -0.4 is 5.43 Å². The highest BCUT2D eigenvalue weighted by Crippen LogP contribution is 2.59. The first kappa shape index (κ1) is 21.0. The molecule has 29 heavy (non-hydrogen) atoms. The SMILES string of the molecule is CC(C)(Br)C(=O)N(NC(=O)OCc1ccccc1)C1[C@H]2CC3C[C@H]1CC(Cl)(C3)C2. The first-order valence-corrected chi connectivity index (χ1v) is 11.5. The molecule has 7 heteroatoms. The Morgan fingerprint density at radius 2 is 1.83 bits per heavy atom. The molecule has 0 radical (unpaired) electrons. The number of hydrogen-bond donors (Lipinski definition) is 1. The largest absolute Gasteiger partial charge is 0.443 e. The van der Waals surface area contributed by atoms with Crippen LogP contribution >= 0.6 is 27.5 Å². The van der Waals surface area contributed by atoms with Crippen LogP contribution in [0.2, 0.25) is 0 Å². The van der Waals surface area contributed by atoms with E-state index in [1.54, 1.807) is 18.9 Å². The molecule has 0 spiro atoms. The van der Waals surface area contributed by atoms with E-state index in [9.17, 15) is 9.59 Å². The van der Waals surface area contributed by atoms with Crippen molar-refractivity contribution in [3.8, 4) is 0 Å². The monoisotopic (exact) mass is 482 g/mol. The molecule has 0 aliphatic heterocycles. The molecule has 4 fully saturated rings. The Labute approximate surface area is 185 Å². The summed E-state index contributed by atoms with van der Waals surface area (Å²) >= 11 is 10.3. The van der Waals surface area contributed by atoms with E-state index in [0.29, 0.717) is 17.8 Å². The number of nitrogens with one attached hydrogen (secondary N) is 1. The fourth-order valence-corrected chi connectivity index (χ4v) is 6.53. The van der Waals surface area contributed by atoms with Gasteiger partial charge < -0.3 is 4.74 Å². The number of rotatable bonds is 4. The van der Waals surface area contributed by atoms with E-state index in [4.69, 9.17) is 16.3 Å². The van der Waals surface area contributed by atoms with Crippen LogP contribution in [0.15, 0.2) is 30.3 Å².